The van der Waals surface area contributed by atoms with Crippen LogP contribution in [0.25, 0.3) is 0 Å². The fraction of sp³-hybridized carbons (Fsp3) is 1.00. The molecule has 1 saturated heterocycles. The molecule has 7 nitrogen and oxygen atoms in total. The highest BCUT2D eigenvalue weighted by Gasteiger charge is 2.25. The average Bonchev–Trinajstić information content (AvgIpc) is 2.17. The molecule has 0 saturated carbocycles. The number of likely N-dealkylation sites (tertiary alicyclic amines) is 1. The summed E-state index contributed by atoms with van der Waals surface area (Å²) >= 11 is 0. The van der Waals surface area contributed by atoms with Gasteiger partial charge in [-0.3, -0.25) is 0 Å². The largest absolute Gasteiger partial charge is 0.329 e. The smallest absolute Gasteiger partial charge is 0.226 e. The second kappa shape index (κ2) is 6.29. The number of piperidine rings is 1. The summed E-state index contributed by atoms with van der Waals surface area (Å²) in [5, 5.41) is -0.844. The third kappa shape index (κ3) is 6.10. The van der Waals surface area contributed by atoms with Crippen molar-refractivity contribution >= 4 is 19.9 Å². The maximum atomic E-state index is 11.6. The third-order valence-electron chi connectivity index (χ3n) is 2.75. The summed E-state index contributed by atoms with van der Waals surface area (Å²) in [4.78, 5) is 2.17. The number of nitrogens with one attached hydrogen (secondary N) is 1. The zero-order chi connectivity index (χ0) is 13.8. The number of rotatable bonds is 6. The Hall–Kier alpha value is -0.220. The van der Waals surface area contributed by atoms with Gasteiger partial charge in [0.15, 0.2) is 14.9 Å². The van der Waals surface area contributed by atoms with Gasteiger partial charge in [0.2, 0.25) is 10.0 Å². The monoisotopic (exact) mass is 299 g/mol. The van der Waals surface area contributed by atoms with E-state index in [2.05, 4.69) is 9.62 Å². The molecule has 0 aromatic heterocycles. The average molecular weight is 299 g/mol. The summed E-state index contributed by atoms with van der Waals surface area (Å²) in [6, 6.07) is -0.175. The van der Waals surface area contributed by atoms with E-state index in [0.717, 1.165) is 25.9 Å². The molecule has 0 atom stereocenters. The minimum atomic E-state index is -3.75. The zero-order valence-corrected chi connectivity index (χ0v) is 12.1. The Morgan fingerprint density at radius 2 is 1.78 bits per heavy atom. The first-order chi connectivity index (χ1) is 8.22. The van der Waals surface area contributed by atoms with E-state index in [4.69, 9.17) is 5.73 Å². The molecule has 1 aliphatic heterocycles. The van der Waals surface area contributed by atoms with E-state index in [1.807, 2.05) is 0 Å². The lowest BCUT2D eigenvalue weighted by Crippen LogP contribution is -2.46. The molecule has 0 spiro atoms. The van der Waals surface area contributed by atoms with Crippen molar-refractivity contribution in [1.82, 2.24) is 9.62 Å². The fourth-order valence-electron chi connectivity index (χ4n) is 2.03. The standard InChI is InChI=1S/C9H21N3O4S2/c1-17(13,14)8-18(15,16)11-9-2-5-12(6-3-9)7-4-10/h9,11H,2-8,10H2,1H3. The van der Waals surface area contributed by atoms with Gasteiger partial charge < -0.3 is 10.6 Å². The van der Waals surface area contributed by atoms with Gasteiger partial charge in [-0.25, -0.2) is 21.6 Å². The SMILES string of the molecule is CS(=O)(=O)CS(=O)(=O)NC1CCN(CCN)CC1. The first-order valence-corrected chi connectivity index (χ1v) is 9.53. The van der Waals surface area contributed by atoms with Crippen LogP contribution in [0.5, 0.6) is 0 Å². The molecule has 108 valence electrons. The van der Waals surface area contributed by atoms with Crippen LogP contribution in [0.3, 0.4) is 0 Å². The molecular formula is C9H21N3O4S2. The molecule has 18 heavy (non-hydrogen) atoms. The molecule has 0 radical (unpaired) electrons. The second-order valence-corrected chi connectivity index (χ2v) is 8.94. The lowest BCUT2D eigenvalue weighted by molar-refractivity contribution is 0.212. The van der Waals surface area contributed by atoms with Gasteiger partial charge in [0, 0.05) is 25.4 Å². The topological polar surface area (TPSA) is 110 Å². The number of nitrogens with two attached hydrogens (primary N) is 1. The van der Waals surface area contributed by atoms with Gasteiger partial charge in [-0.15, -0.1) is 0 Å². The number of sulfone groups is 1. The maximum absolute atomic E-state index is 11.6. The van der Waals surface area contributed by atoms with Gasteiger partial charge in [0.05, 0.1) is 0 Å². The highest BCUT2D eigenvalue weighted by molar-refractivity contribution is 8.06. The van der Waals surface area contributed by atoms with Crippen LogP contribution in [-0.2, 0) is 19.9 Å². The molecule has 9 heteroatoms. The van der Waals surface area contributed by atoms with E-state index in [0.29, 0.717) is 19.4 Å². The Labute approximate surface area is 109 Å². The lowest BCUT2D eigenvalue weighted by atomic mass is 10.1. The molecule has 0 aromatic carbocycles. The summed E-state index contributed by atoms with van der Waals surface area (Å²) in [5.41, 5.74) is 5.45. The minimum Gasteiger partial charge on any atom is -0.329 e. The number of hydrogen-bond donors (Lipinski definition) is 2. The Balaban J connectivity index is 2.45. The van der Waals surface area contributed by atoms with E-state index < -0.39 is 24.9 Å². The van der Waals surface area contributed by atoms with Crippen LogP contribution in [0.1, 0.15) is 12.8 Å². The third-order valence-corrected chi connectivity index (χ3v) is 6.39. The predicted molar refractivity (Wildman–Crippen MR) is 70.3 cm³/mol. The predicted octanol–water partition coefficient (Wildman–Crippen LogP) is -1.67. The van der Waals surface area contributed by atoms with Crippen molar-refractivity contribution in [2.75, 3.05) is 37.5 Å². The van der Waals surface area contributed by atoms with Crippen LogP contribution in [0.4, 0.5) is 0 Å². The zero-order valence-electron chi connectivity index (χ0n) is 10.5. The molecule has 1 rings (SSSR count). The van der Waals surface area contributed by atoms with E-state index in [1.54, 1.807) is 0 Å². The van der Waals surface area contributed by atoms with Crippen molar-refractivity contribution in [3.63, 3.8) is 0 Å². The second-order valence-electron chi connectivity index (χ2n) is 4.68. The molecule has 0 aliphatic carbocycles. The number of sulfonamides is 1. The molecule has 0 amide bonds. The molecule has 1 fully saturated rings. The quantitative estimate of drug-likeness (QED) is 0.607. The Bertz CT molecular complexity index is 452. The van der Waals surface area contributed by atoms with Crippen LogP contribution >= 0.6 is 0 Å². The molecule has 1 aliphatic rings. The molecule has 0 aromatic rings. The molecule has 0 unspecified atom stereocenters. The van der Waals surface area contributed by atoms with Crippen LogP contribution < -0.4 is 10.5 Å². The van der Waals surface area contributed by atoms with Crippen molar-refractivity contribution < 1.29 is 16.8 Å². The number of hydrogen-bond acceptors (Lipinski definition) is 6. The van der Waals surface area contributed by atoms with Crippen LogP contribution in [0.2, 0.25) is 0 Å². The van der Waals surface area contributed by atoms with Crippen molar-refractivity contribution in [2.45, 2.75) is 18.9 Å². The van der Waals surface area contributed by atoms with Gasteiger partial charge in [-0.1, -0.05) is 0 Å². The van der Waals surface area contributed by atoms with Crippen molar-refractivity contribution in [3.05, 3.63) is 0 Å². The lowest BCUT2D eigenvalue weighted by Gasteiger charge is -2.31. The highest BCUT2D eigenvalue weighted by Crippen LogP contribution is 2.11. The minimum absolute atomic E-state index is 0.175. The summed E-state index contributed by atoms with van der Waals surface area (Å²) in [7, 11) is -7.28. The Morgan fingerprint density at radius 3 is 2.22 bits per heavy atom. The first-order valence-electron chi connectivity index (χ1n) is 5.82. The fourth-order valence-corrected chi connectivity index (χ4v) is 5.30. The van der Waals surface area contributed by atoms with Crippen LogP contribution in [0, 0.1) is 0 Å². The van der Waals surface area contributed by atoms with Crippen LogP contribution in [-0.4, -0.2) is 65.3 Å². The summed E-state index contributed by atoms with van der Waals surface area (Å²) in [5.74, 6) is 0. The highest BCUT2D eigenvalue weighted by atomic mass is 32.3. The first kappa shape index (κ1) is 15.8. The Kier molecular flexibility index (Phi) is 5.53. The normalized spacial score (nSPS) is 20.1. The van der Waals surface area contributed by atoms with Crippen molar-refractivity contribution in [2.24, 2.45) is 5.73 Å². The molecule has 1 heterocycles. The van der Waals surface area contributed by atoms with Gasteiger partial charge in [0.25, 0.3) is 0 Å². The maximum Gasteiger partial charge on any atom is 0.226 e. The van der Waals surface area contributed by atoms with Gasteiger partial charge in [-0.05, 0) is 25.9 Å². The van der Waals surface area contributed by atoms with Crippen molar-refractivity contribution in [1.29, 1.82) is 0 Å². The van der Waals surface area contributed by atoms with Gasteiger partial charge in [0.1, 0.15) is 0 Å². The Morgan fingerprint density at radius 1 is 1.22 bits per heavy atom. The van der Waals surface area contributed by atoms with E-state index >= 15 is 0 Å². The molecule has 3 N–H and O–H groups in total. The van der Waals surface area contributed by atoms with E-state index in [-0.39, 0.29) is 6.04 Å². The molecule has 0 bridgehead atoms. The summed E-state index contributed by atoms with van der Waals surface area (Å²) < 4.78 is 47.6. The van der Waals surface area contributed by atoms with Crippen LogP contribution in [0.15, 0.2) is 0 Å². The summed E-state index contributed by atoms with van der Waals surface area (Å²) in [6.07, 6.45) is 2.28. The molecular weight excluding hydrogens is 278 g/mol. The van der Waals surface area contributed by atoms with E-state index in [1.165, 1.54) is 0 Å². The van der Waals surface area contributed by atoms with Gasteiger partial charge >= 0.3 is 0 Å². The van der Waals surface area contributed by atoms with Gasteiger partial charge in [-0.2, -0.15) is 0 Å². The summed E-state index contributed by atoms with van der Waals surface area (Å²) in [6.45, 7) is 2.96. The van der Waals surface area contributed by atoms with Crippen molar-refractivity contribution in [3.8, 4) is 0 Å². The van der Waals surface area contributed by atoms with E-state index in [9.17, 15) is 16.8 Å². The number of nitrogens with zero attached hydrogens (tertiary/aromatic N) is 1.